The molecular weight excluding hydrogens is 388 g/mol. The number of halogens is 2. The van der Waals surface area contributed by atoms with E-state index in [1.807, 2.05) is 49.4 Å². The minimum absolute atomic E-state index is 0.0165. The number of rotatable bonds is 4. The van der Waals surface area contributed by atoms with Crippen molar-refractivity contribution >= 4 is 11.8 Å². The first kappa shape index (κ1) is 20.6. The predicted octanol–water partition coefficient (Wildman–Crippen LogP) is 5.30. The molecule has 5 nitrogen and oxygen atoms in total. The van der Waals surface area contributed by atoms with Crippen LogP contribution in [-0.4, -0.2) is 23.0 Å². The highest BCUT2D eigenvalue weighted by atomic mass is 19.3. The van der Waals surface area contributed by atoms with Crippen LogP contribution in [0.1, 0.15) is 49.9 Å². The number of alkyl halides is 2. The molecule has 1 amide bonds. The first-order valence-electron chi connectivity index (χ1n) is 10.5. The van der Waals surface area contributed by atoms with Gasteiger partial charge >= 0.3 is 6.09 Å². The van der Waals surface area contributed by atoms with Crippen LogP contribution in [0.4, 0.5) is 19.3 Å². The van der Waals surface area contributed by atoms with Crippen molar-refractivity contribution in [3.05, 3.63) is 59.9 Å². The molecule has 0 bridgehead atoms. The normalized spacial score (nSPS) is 25.6. The SMILES string of the molecule is C[C@@H]1C(NC(=O)OCc2ccccc2)c2ncccc2NC1C1CCC(F)(F)CC1. The Morgan fingerprint density at radius 3 is 2.67 bits per heavy atom. The number of hydrogen-bond donors (Lipinski definition) is 2. The standard InChI is InChI=1S/C23H27F2N3O2/c1-15-19(17-9-11-23(24,25)12-10-17)27-18-8-5-13-26-21(18)20(15)28-22(29)30-14-16-6-3-2-4-7-16/h2-8,13,15,17,19-20,27H,9-12,14H2,1H3,(H,28,29)/t15-,19?,20?/m0/s1. The molecule has 1 aliphatic heterocycles. The summed E-state index contributed by atoms with van der Waals surface area (Å²) in [6.07, 6.45) is 1.95. The molecular formula is C23H27F2N3O2. The van der Waals surface area contributed by atoms with E-state index in [-0.39, 0.29) is 43.4 Å². The van der Waals surface area contributed by atoms with Crippen molar-refractivity contribution in [2.45, 2.75) is 57.2 Å². The van der Waals surface area contributed by atoms with E-state index in [9.17, 15) is 13.6 Å². The number of alkyl carbamates (subject to hydrolysis) is 1. The average molecular weight is 415 g/mol. The number of carbonyl (C=O) groups excluding carboxylic acids is 1. The molecule has 2 aromatic rings. The van der Waals surface area contributed by atoms with Crippen molar-refractivity contribution < 1.29 is 18.3 Å². The summed E-state index contributed by atoms with van der Waals surface area (Å²) >= 11 is 0. The van der Waals surface area contributed by atoms with E-state index < -0.39 is 12.0 Å². The molecule has 2 heterocycles. The maximum Gasteiger partial charge on any atom is 0.408 e. The van der Waals surface area contributed by atoms with Gasteiger partial charge < -0.3 is 15.4 Å². The highest BCUT2D eigenvalue weighted by Crippen LogP contribution is 2.44. The Kier molecular flexibility index (Phi) is 5.88. The molecule has 1 fully saturated rings. The molecule has 1 saturated carbocycles. The largest absolute Gasteiger partial charge is 0.445 e. The minimum Gasteiger partial charge on any atom is -0.445 e. The first-order valence-corrected chi connectivity index (χ1v) is 10.5. The molecule has 0 radical (unpaired) electrons. The summed E-state index contributed by atoms with van der Waals surface area (Å²) in [7, 11) is 0. The zero-order chi connectivity index (χ0) is 21.1. The van der Waals surface area contributed by atoms with Crippen molar-refractivity contribution in [2.24, 2.45) is 11.8 Å². The van der Waals surface area contributed by atoms with Gasteiger partial charge in [-0.3, -0.25) is 4.98 Å². The number of anilines is 1. The highest BCUT2D eigenvalue weighted by molar-refractivity contribution is 5.69. The summed E-state index contributed by atoms with van der Waals surface area (Å²) in [4.78, 5) is 17.0. The lowest BCUT2D eigenvalue weighted by Crippen LogP contribution is -2.48. The number of aromatic nitrogens is 1. The fraction of sp³-hybridized carbons (Fsp3) is 0.478. The van der Waals surface area contributed by atoms with Crippen LogP contribution in [0.3, 0.4) is 0 Å². The van der Waals surface area contributed by atoms with Crippen molar-refractivity contribution in [2.75, 3.05) is 5.32 Å². The first-order chi connectivity index (χ1) is 14.4. The van der Waals surface area contributed by atoms with Gasteiger partial charge in [0.25, 0.3) is 0 Å². The van der Waals surface area contributed by atoms with Crippen LogP contribution in [0.5, 0.6) is 0 Å². The molecule has 2 unspecified atom stereocenters. The van der Waals surface area contributed by atoms with Crippen LogP contribution in [0.2, 0.25) is 0 Å². The molecule has 2 aliphatic rings. The van der Waals surface area contributed by atoms with Gasteiger partial charge in [-0.2, -0.15) is 0 Å². The summed E-state index contributed by atoms with van der Waals surface area (Å²) in [5, 5.41) is 6.47. The predicted molar refractivity (Wildman–Crippen MR) is 110 cm³/mol. The number of hydrogen-bond acceptors (Lipinski definition) is 4. The van der Waals surface area contributed by atoms with Crippen LogP contribution in [0, 0.1) is 11.8 Å². The van der Waals surface area contributed by atoms with Gasteiger partial charge in [0.15, 0.2) is 0 Å². The van der Waals surface area contributed by atoms with Crippen LogP contribution in [0.25, 0.3) is 0 Å². The third-order valence-electron chi connectivity index (χ3n) is 6.30. The van der Waals surface area contributed by atoms with E-state index in [0.29, 0.717) is 12.8 Å². The van der Waals surface area contributed by atoms with Gasteiger partial charge in [0.2, 0.25) is 5.92 Å². The van der Waals surface area contributed by atoms with Gasteiger partial charge in [-0.1, -0.05) is 37.3 Å². The van der Waals surface area contributed by atoms with E-state index in [0.717, 1.165) is 16.9 Å². The number of amides is 1. The number of fused-ring (bicyclic) bond motifs is 1. The topological polar surface area (TPSA) is 63.2 Å². The van der Waals surface area contributed by atoms with E-state index in [2.05, 4.69) is 15.6 Å². The van der Waals surface area contributed by atoms with E-state index in [4.69, 9.17) is 4.74 Å². The van der Waals surface area contributed by atoms with Crippen LogP contribution >= 0.6 is 0 Å². The lowest BCUT2D eigenvalue weighted by Gasteiger charge is -2.44. The van der Waals surface area contributed by atoms with Crippen molar-refractivity contribution in [3.63, 3.8) is 0 Å². The molecule has 30 heavy (non-hydrogen) atoms. The lowest BCUT2D eigenvalue weighted by molar-refractivity contribution is -0.0498. The van der Waals surface area contributed by atoms with Gasteiger partial charge in [-0.05, 0) is 36.5 Å². The molecule has 160 valence electrons. The van der Waals surface area contributed by atoms with E-state index >= 15 is 0 Å². The smallest absolute Gasteiger partial charge is 0.408 e. The Morgan fingerprint density at radius 1 is 1.20 bits per heavy atom. The summed E-state index contributed by atoms with van der Waals surface area (Å²) in [6, 6.07) is 12.9. The van der Waals surface area contributed by atoms with Crippen molar-refractivity contribution in [1.29, 1.82) is 0 Å². The Balaban J connectivity index is 1.47. The molecule has 4 rings (SSSR count). The van der Waals surface area contributed by atoms with Gasteiger partial charge in [-0.15, -0.1) is 0 Å². The maximum absolute atomic E-state index is 13.7. The van der Waals surface area contributed by atoms with Gasteiger partial charge in [0, 0.05) is 31.0 Å². The second-order valence-electron chi connectivity index (χ2n) is 8.34. The second kappa shape index (κ2) is 8.58. The van der Waals surface area contributed by atoms with Gasteiger partial charge in [-0.25, -0.2) is 13.6 Å². The van der Waals surface area contributed by atoms with E-state index in [1.165, 1.54) is 0 Å². The third kappa shape index (κ3) is 4.55. The molecule has 0 spiro atoms. The summed E-state index contributed by atoms with van der Waals surface area (Å²) in [5.41, 5.74) is 2.50. The quantitative estimate of drug-likeness (QED) is 0.711. The molecule has 1 aliphatic carbocycles. The molecule has 1 aromatic carbocycles. The summed E-state index contributed by atoms with van der Waals surface area (Å²) in [5.74, 6) is -2.46. The highest BCUT2D eigenvalue weighted by Gasteiger charge is 2.43. The maximum atomic E-state index is 13.7. The van der Waals surface area contributed by atoms with Gasteiger partial charge in [0.1, 0.15) is 6.61 Å². The molecule has 1 aromatic heterocycles. The minimum atomic E-state index is -2.56. The Hall–Kier alpha value is -2.70. The third-order valence-corrected chi connectivity index (χ3v) is 6.30. The Labute approximate surface area is 175 Å². The van der Waals surface area contributed by atoms with Crippen LogP contribution in [-0.2, 0) is 11.3 Å². The van der Waals surface area contributed by atoms with E-state index in [1.54, 1.807) is 6.20 Å². The lowest BCUT2D eigenvalue weighted by atomic mass is 9.73. The van der Waals surface area contributed by atoms with Crippen LogP contribution < -0.4 is 10.6 Å². The van der Waals surface area contributed by atoms with Crippen LogP contribution in [0.15, 0.2) is 48.7 Å². The average Bonchev–Trinajstić information content (AvgIpc) is 2.75. The molecule has 2 N–H and O–H groups in total. The summed E-state index contributed by atoms with van der Waals surface area (Å²) in [6.45, 7) is 2.21. The molecule has 7 heteroatoms. The Morgan fingerprint density at radius 2 is 1.93 bits per heavy atom. The second-order valence-corrected chi connectivity index (χ2v) is 8.34. The number of nitrogens with zero attached hydrogens (tertiary/aromatic N) is 1. The van der Waals surface area contributed by atoms with Gasteiger partial charge in [0.05, 0.1) is 17.4 Å². The zero-order valence-electron chi connectivity index (χ0n) is 17.0. The fourth-order valence-electron chi connectivity index (χ4n) is 4.62. The number of nitrogens with one attached hydrogen (secondary N) is 2. The monoisotopic (exact) mass is 415 g/mol. The zero-order valence-corrected chi connectivity index (χ0v) is 17.0. The number of pyridine rings is 1. The molecule has 0 saturated heterocycles. The molecule has 3 atom stereocenters. The van der Waals surface area contributed by atoms with Crippen molar-refractivity contribution in [3.8, 4) is 0 Å². The Bertz CT molecular complexity index is 868. The fourth-order valence-corrected chi connectivity index (χ4v) is 4.62. The number of ether oxygens (including phenoxy) is 1. The summed E-state index contributed by atoms with van der Waals surface area (Å²) < 4.78 is 32.7. The number of carbonyl (C=O) groups is 1. The van der Waals surface area contributed by atoms with Crippen molar-refractivity contribution in [1.82, 2.24) is 10.3 Å². The number of benzene rings is 1.